The van der Waals surface area contributed by atoms with Gasteiger partial charge in [0, 0.05) is 5.33 Å². The molecule has 2 rings (SSSR count). The van der Waals surface area contributed by atoms with E-state index >= 15 is 0 Å². The van der Waals surface area contributed by atoms with Gasteiger partial charge in [0.05, 0.1) is 19.8 Å². The number of hydrogen-bond donors (Lipinski definition) is 7. The van der Waals surface area contributed by atoms with Crippen molar-refractivity contribution in [2.24, 2.45) is 0 Å². The summed E-state index contributed by atoms with van der Waals surface area (Å²) >= 11 is 3.17. The zero-order valence-corrected chi connectivity index (χ0v) is 15.3. The van der Waals surface area contributed by atoms with Gasteiger partial charge in [-0.05, 0) is 0 Å². The van der Waals surface area contributed by atoms with Gasteiger partial charge in [-0.2, -0.15) is 0 Å². The van der Waals surface area contributed by atoms with Gasteiger partial charge in [-0.1, -0.05) is 15.9 Å². The van der Waals surface area contributed by atoms with E-state index in [1.54, 1.807) is 0 Å². The predicted molar refractivity (Wildman–Crippen MR) is 86.1 cm³/mol. The van der Waals surface area contributed by atoms with Crippen LogP contribution in [-0.4, -0.2) is 122 Å². The number of halogens is 1. The highest BCUT2D eigenvalue weighted by atomic mass is 79.9. The van der Waals surface area contributed by atoms with Gasteiger partial charge in [-0.25, -0.2) is 0 Å². The Kier molecular flexibility index (Phi) is 8.59. The molecule has 154 valence electrons. The summed E-state index contributed by atoms with van der Waals surface area (Å²) in [5, 5.41) is 69.2. The number of rotatable bonds is 7. The van der Waals surface area contributed by atoms with E-state index in [4.69, 9.17) is 18.9 Å². The number of hydrogen-bond acceptors (Lipinski definition) is 11. The second kappa shape index (κ2) is 10.0. The topological polar surface area (TPSA) is 179 Å². The standard InChI is InChI=1S/C14H25BrO11/c15-1-2-23-4-6-7(17)8(18)11(21)14(25-6)26-12-5(3-16)24-13(22)10(20)9(12)19/h5-14,16-22H,1-4H2/t5-,6-,7+,8+,9-,10-,11-,12-,13+,14+/m1/s1. The molecule has 0 aromatic rings. The van der Waals surface area contributed by atoms with Crippen LogP contribution in [-0.2, 0) is 18.9 Å². The summed E-state index contributed by atoms with van der Waals surface area (Å²) in [5.74, 6) is 0. The SMILES string of the molecule is OC[C@H]1O[C@H](O)[C@H](O)[C@@H](O)[C@@H]1O[C@@H]1O[C@H](COCCBr)[C@H](O)[C@H](O)[C@H]1O. The Labute approximate surface area is 157 Å². The van der Waals surface area contributed by atoms with E-state index in [1.807, 2.05) is 0 Å². The number of aliphatic hydroxyl groups is 7. The highest BCUT2D eigenvalue weighted by molar-refractivity contribution is 9.09. The second-order valence-corrected chi connectivity index (χ2v) is 6.90. The van der Waals surface area contributed by atoms with E-state index in [2.05, 4.69) is 15.9 Å². The maximum absolute atomic E-state index is 10.1. The molecule has 2 saturated heterocycles. The van der Waals surface area contributed by atoms with Crippen molar-refractivity contribution in [2.45, 2.75) is 61.4 Å². The molecule has 2 heterocycles. The first-order valence-corrected chi connectivity index (χ1v) is 9.23. The van der Waals surface area contributed by atoms with Gasteiger partial charge in [0.1, 0.15) is 48.8 Å². The second-order valence-electron chi connectivity index (χ2n) is 6.11. The normalized spacial score (nSPS) is 47.1. The molecule has 0 aromatic carbocycles. The molecule has 2 aliphatic heterocycles. The van der Waals surface area contributed by atoms with Crippen LogP contribution < -0.4 is 0 Å². The Balaban J connectivity index is 2.07. The van der Waals surface area contributed by atoms with Gasteiger partial charge < -0.3 is 54.7 Å². The van der Waals surface area contributed by atoms with E-state index < -0.39 is 68.0 Å². The summed E-state index contributed by atoms with van der Waals surface area (Å²) in [6, 6.07) is 0. The molecule has 0 aliphatic carbocycles. The van der Waals surface area contributed by atoms with Crippen LogP contribution in [0.4, 0.5) is 0 Å². The minimum atomic E-state index is -1.72. The maximum Gasteiger partial charge on any atom is 0.187 e. The van der Waals surface area contributed by atoms with Crippen LogP contribution >= 0.6 is 15.9 Å². The summed E-state index contributed by atoms with van der Waals surface area (Å²) in [4.78, 5) is 0. The molecule has 0 saturated carbocycles. The monoisotopic (exact) mass is 448 g/mol. The van der Waals surface area contributed by atoms with Gasteiger partial charge in [0.2, 0.25) is 0 Å². The van der Waals surface area contributed by atoms with Crippen molar-refractivity contribution < 1.29 is 54.7 Å². The fraction of sp³-hybridized carbons (Fsp3) is 1.00. The zero-order chi connectivity index (χ0) is 19.4. The summed E-state index contributed by atoms with van der Waals surface area (Å²) in [6.07, 6.45) is -14.9. The van der Waals surface area contributed by atoms with Gasteiger partial charge in [0.25, 0.3) is 0 Å². The van der Waals surface area contributed by atoms with Crippen LogP contribution in [0, 0.1) is 0 Å². The van der Waals surface area contributed by atoms with Crippen LogP contribution in [0.5, 0.6) is 0 Å². The predicted octanol–water partition coefficient (Wildman–Crippen LogP) is -3.98. The summed E-state index contributed by atoms with van der Waals surface area (Å²) in [7, 11) is 0. The van der Waals surface area contributed by atoms with Crippen molar-refractivity contribution in [1.29, 1.82) is 0 Å². The lowest BCUT2D eigenvalue weighted by Crippen LogP contribution is -2.64. The molecular weight excluding hydrogens is 424 g/mol. The van der Waals surface area contributed by atoms with Crippen LogP contribution in [0.1, 0.15) is 0 Å². The third kappa shape index (κ3) is 4.90. The number of ether oxygens (including phenoxy) is 4. The summed E-state index contributed by atoms with van der Waals surface area (Å²) in [5.41, 5.74) is 0. The molecule has 7 N–H and O–H groups in total. The smallest absolute Gasteiger partial charge is 0.187 e. The first-order valence-electron chi connectivity index (χ1n) is 8.11. The fourth-order valence-corrected chi connectivity index (χ4v) is 3.04. The quantitative estimate of drug-likeness (QED) is 0.149. The molecule has 0 bridgehead atoms. The van der Waals surface area contributed by atoms with Gasteiger partial charge in [-0.3, -0.25) is 0 Å². The van der Waals surface area contributed by atoms with Crippen molar-refractivity contribution in [1.82, 2.24) is 0 Å². The first kappa shape index (κ1) is 22.3. The molecule has 26 heavy (non-hydrogen) atoms. The lowest BCUT2D eigenvalue weighted by molar-refractivity contribution is -0.355. The molecule has 11 nitrogen and oxygen atoms in total. The largest absolute Gasteiger partial charge is 0.394 e. The molecular formula is C14H25BrO11. The highest BCUT2D eigenvalue weighted by Crippen LogP contribution is 2.28. The molecule has 10 atom stereocenters. The van der Waals surface area contributed by atoms with Crippen LogP contribution in [0.3, 0.4) is 0 Å². The van der Waals surface area contributed by atoms with Crippen molar-refractivity contribution in [3.05, 3.63) is 0 Å². The van der Waals surface area contributed by atoms with Crippen molar-refractivity contribution in [3.8, 4) is 0 Å². The van der Waals surface area contributed by atoms with Crippen LogP contribution in [0.2, 0.25) is 0 Å². The van der Waals surface area contributed by atoms with E-state index in [1.165, 1.54) is 0 Å². The Bertz CT molecular complexity index is 428. The van der Waals surface area contributed by atoms with Gasteiger partial charge >= 0.3 is 0 Å². The van der Waals surface area contributed by atoms with E-state index in [9.17, 15) is 35.7 Å². The number of alkyl halides is 1. The molecule has 2 fully saturated rings. The van der Waals surface area contributed by atoms with Crippen molar-refractivity contribution >= 4 is 15.9 Å². The van der Waals surface area contributed by atoms with Crippen LogP contribution in [0.15, 0.2) is 0 Å². The summed E-state index contributed by atoms with van der Waals surface area (Å²) in [6.45, 7) is -0.426. The number of aliphatic hydroxyl groups excluding tert-OH is 7. The summed E-state index contributed by atoms with van der Waals surface area (Å²) < 4.78 is 21.0. The molecule has 0 unspecified atom stereocenters. The average Bonchev–Trinajstić information content (AvgIpc) is 2.63. The lowest BCUT2D eigenvalue weighted by Gasteiger charge is -2.45. The Morgan fingerprint density at radius 1 is 0.808 bits per heavy atom. The maximum atomic E-state index is 10.1. The highest BCUT2D eigenvalue weighted by Gasteiger charge is 2.50. The van der Waals surface area contributed by atoms with E-state index in [-0.39, 0.29) is 6.61 Å². The first-order chi connectivity index (χ1) is 12.3. The van der Waals surface area contributed by atoms with Gasteiger partial charge in [-0.15, -0.1) is 0 Å². The van der Waals surface area contributed by atoms with Crippen LogP contribution in [0.25, 0.3) is 0 Å². The average molecular weight is 449 g/mol. The molecule has 0 spiro atoms. The van der Waals surface area contributed by atoms with E-state index in [0.717, 1.165) is 0 Å². The van der Waals surface area contributed by atoms with E-state index in [0.29, 0.717) is 11.9 Å². The minimum Gasteiger partial charge on any atom is -0.394 e. The minimum absolute atomic E-state index is 0.0924. The van der Waals surface area contributed by atoms with Crippen molar-refractivity contribution in [3.63, 3.8) is 0 Å². The molecule has 0 radical (unpaired) electrons. The molecule has 2 aliphatic rings. The lowest BCUT2D eigenvalue weighted by atomic mass is 9.97. The fourth-order valence-electron chi connectivity index (χ4n) is 2.81. The molecule has 0 amide bonds. The molecule has 0 aromatic heterocycles. The third-order valence-electron chi connectivity index (χ3n) is 4.30. The van der Waals surface area contributed by atoms with Gasteiger partial charge in [0.15, 0.2) is 12.6 Å². The molecule has 12 heteroatoms. The zero-order valence-electron chi connectivity index (χ0n) is 13.7. The van der Waals surface area contributed by atoms with Crippen molar-refractivity contribution in [2.75, 3.05) is 25.2 Å². The Hall–Kier alpha value is 0.0400. The Morgan fingerprint density at radius 2 is 1.50 bits per heavy atom. The Morgan fingerprint density at radius 3 is 2.12 bits per heavy atom. The third-order valence-corrected chi connectivity index (χ3v) is 4.63.